The molecule has 0 bridgehead atoms. The van der Waals surface area contributed by atoms with Gasteiger partial charge < -0.3 is 19.1 Å². The SMILES string of the molecule is COc1ccc(OC)c(-c2cn3c(CCN(CC4CCCO4)C(=O)CC(C)(C)C)csc3n2)c1. The lowest BCUT2D eigenvalue weighted by molar-refractivity contribution is -0.134. The van der Waals surface area contributed by atoms with Crippen LogP contribution in [-0.4, -0.2) is 60.2 Å². The Hall–Kier alpha value is -2.58. The number of ether oxygens (including phenoxy) is 3. The predicted octanol–water partition coefficient (Wildman–Crippen LogP) is 5.07. The molecule has 0 saturated carbocycles. The Balaban J connectivity index is 1.54. The first-order valence-corrected chi connectivity index (χ1v) is 12.7. The van der Waals surface area contributed by atoms with E-state index < -0.39 is 0 Å². The summed E-state index contributed by atoms with van der Waals surface area (Å²) < 4.78 is 18.9. The van der Waals surface area contributed by atoms with Gasteiger partial charge in [0.2, 0.25) is 5.91 Å². The van der Waals surface area contributed by atoms with E-state index >= 15 is 0 Å². The molecule has 34 heavy (non-hydrogen) atoms. The van der Waals surface area contributed by atoms with E-state index in [0.717, 1.165) is 59.3 Å². The van der Waals surface area contributed by atoms with Crippen LogP contribution < -0.4 is 9.47 Å². The number of benzene rings is 1. The van der Waals surface area contributed by atoms with Crippen molar-refractivity contribution in [3.8, 4) is 22.8 Å². The number of imidazole rings is 1. The van der Waals surface area contributed by atoms with E-state index in [4.69, 9.17) is 19.2 Å². The van der Waals surface area contributed by atoms with Crippen LogP contribution in [0.1, 0.15) is 45.7 Å². The standard InChI is InChI=1S/C26H35N3O4S/c1-26(2,3)14-24(30)28(15-20-7-6-12-33-20)11-10-18-17-34-25-27-22(16-29(18)25)21-13-19(31-4)8-9-23(21)32-5/h8-9,13,16-17,20H,6-7,10-12,14-15H2,1-5H3. The molecule has 1 aliphatic rings. The Kier molecular flexibility index (Phi) is 7.48. The lowest BCUT2D eigenvalue weighted by Gasteiger charge is -2.28. The highest BCUT2D eigenvalue weighted by Crippen LogP contribution is 2.34. The van der Waals surface area contributed by atoms with Gasteiger partial charge in [0.1, 0.15) is 11.5 Å². The van der Waals surface area contributed by atoms with E-state index in [0.29, 0.717) is 19.5 Å². The first-order chi connectivity index (χ1) is 16.3. The first kappa shape index (κ1) is 24.5. The fourth-order valence-electron chi connectivity index (χ4n) is 4.32. The highest BCUT2D eigenvalue weighted by Gasteiger charge is 2.26. The fraction of sp³-hybridized carbons (Fsp3) is 0.538. The maximum absolute atomic E-state index is 13.1. The van der Waals surface area contributed by atoms with Gasteiger partial charge in [-0.05, 0) is 36.5 Å². The largest absolute Gasteiger partial charge is 0.497 e. The van der Waals surface area contributed by atoms with Crippen LogP contribution in [0.15, 0.2) is 29.8 Å². The number of hydrogen-bond acceptors (Lipinski definition) is 6. The zero-order chi connectivity index (χ0) is 24.3. The van der Waals surface area contributed by atoms with E-state index in [1.165, 1.54) is 0 Å². The van der Waals surface area contributed by atoms with Gasteiger partial charge in [-0.15, -0.1) is 11.3 Å². The summed E-state index contributed by atoms with van der Waals surface area (Å²) in [6.07, 6.45) is 5.57. The third kappa shape index (κ3) is 5.73. The van der Waals surface area contributed by atoms with Crippen LogP contribution in [-0.2, 0) is 16.0 Å². The monoisotopic (exact) mass is 485 g/mol. The molecule has 0 N–H and O–H groups in total. The Morgan fingerprint density at radius 1 is 1.29 bits per heavy atom. The van der Waals surface area contributed by atoms with E-state index in [1.54, 1.807) is 25.6 Å². The van der Waals surface area contributed by atoms with Crippen molar-refractivity contribution in [2.45, 2.75) is 52.6 Å². The Labute approximate surface area is 205 Å². The van der Waals surface area contributed by atoms with Gasteiger partial charge in [0, 0.05) is 55.4 Å². The average molecular weight is 486 g/mol. The molecule has 1 unspecified atom stereocenters. The quantitative estimate of drug-likeness (QED) is 0.424. The predicted molar refractivity (Wildman–Crippen MR) is 135 cm³/mol. The zero-order valence-corrected chi connectivity index (χ0v) is 21.6. The molecule has 1 amide bonds. The molecule has 184 valence electrons. The molecule has 8 heteroatoms. The molecule has 4 rings (SSSR count). The molecule has 0 aliphatic carbocycles. The van der Waals surface area contributed by atoms with Crippen LogP contribution in [0.5, 0.6) is 11.5 Å². The molecule has 0 radical (unpaired) electrons. The number of carbonyl (C=O) groups is 1. The number of rotatable bonds is 9. The minimum Gasteiger partial charge on any atom is -0.497 e. The zero-order valence-electron chi connectivity index (χ0n) is 20.8. The normalized spacial score (nSPS) is 16.2. The van der Waals surface area contributed by atoms with E-state index in [-0.39, 0.29) is 17.4 Å². The van der Waals surface area contributed by atoms with Gasteiger partial charge in [-0.2, -0.15) is 0 Å². The highest BCUT2D eigenvalue weighted by molar-refractivity contribution is 7.15. The second-order valence-corrected chi connectivity index (χ2v) is 10.9. The number of nitrogens with zero attached hydrogens (tertiary/aromatic N) is 3. The van der Waals surface area contributed by atoms with Crippen molar-refractivity contribution in [1.29, 1.82) is 0 Å². The molecule has 1 saturated heterocycles. The summed E-state index contributed by atoms with van der Waals surface area (Å²) in [5.41, 5.74) is 2.82. The van der Waals surface area contributed by atoms with Crippen molar-refractivity contribution in [2.75, 3.05) is 33.9 Å². The maximum Gasteiger partial charge on any atom is 0.223 e. The summed E-state index contributed by atoms with van der Waals surface area (Å²) in [6.45, 7) is 8.45. The molecule has 1 atom stereocenters. The average Bonchev–Trinajstić information content (AvgIpc) is 3.53. The molecule has 2 aromatic heterocycles. The minimum atomic E-state index is -0.0451. The first-order valence-electron chi connectivity index (χ1n) is 11.8. The van der Waals surface area contributed by atoms with Gasteiger partial charge in [-0.25, -0.2) is 4.98 Å². The summed E-state index contributed by atoms with van der Waals surface area (Å²) >= 11 is 1.61. The number of thiazole rings is 1. The van der Waals surface area contributed by atoms with Crippen LogP contribution in [0.3, 0.4) is 0 Å². The number of amides is 1. The van der Waals surface area contributed by atoms with Crippen LogP contribution in [0.25, 0.3) is 16.2 Å². The third-order valence-corrected chi connectivity index (χ3v) is 6.97. The lowest BCUT2D eigenvalue weighted by atomic mass is 9.91. The molecule has 7 nitrogen and oxygen atoms in total. The molecular formula is C26H35N3O4S. The van der Waals surface area contributed by atoms with Gasteiger partial charge >= 0.3 is 0 Å². The van der Waals surface area contributed by atoms with Crippen LogP contribution in [0.2, 0.25) is 0 Å². The molecule has 1 aromatic carbocycles. The third-order valence-electron chi connectivity index (χ3n) is 6.09. The Morgan fingerprint density at radius 3 is 2.79 bits per heavy atom. The fourth-order valence-corrected chi connectivity index (χ4v) is 5.23. The van der Waals surface area contributed by atoms with E-state index in [1.807, 2.05) is 29.3 Å². The Morgan fingerprint density at radius 2 is 2.12 bits per heavy atom. The van der Waals surface area contributed by atoms with Crippen molar-refractivity contribution in [3.05, 3.63) is 35.5 Å². The van der Waals surface area contributed by atoms with Crippen LogP contribution in [0, 0.1) is 5.41 Å². The maximum atomic E-state index is 13.1. The number of fused-ring (bicyclic) bond motifs is 1. The topological polar surface area (TPSA) is 65.3 Å². The van der Waals surface area contributed by atoms with Gasteiger partial charge in [-0.3, -0.25) is 9.20 Å². The van der Waals surface area contributed by atoms with Crippen molar-refractivity contribution >= 4 is 22.2 Å². The van der Waals surface area contributed by atoms with Gasteiger partial charge in [0.15, 0.2) is 4.96 Å². The summed E-state index contributed by atoms with van der Waals surface area (Å²) in [6, 6.07) is 5.72. The van der Waals surface area contributed by atoms with Crippen molar-refractivity contribution in [1.82, 2.24) is 14.3 Å². The second-order valence-electron chi connectivity index (χ2n) is 10.0. The highest BCUT2D eigenvalue weighted by atomic mass is 32.1. The Bertz CT molecular complexity index is 1120. The summed E-state index contributed by atoms with van der Waals surface area (Å²) in [5.74, 6) is 1.71. The summed E-state index contributed by atoms with van der Waals surface area (Å²) in [7, 11) is 3.31. The van der Waals surface area contributed by atoms with Gasteiger partial charge in [-0.1, -0.05) is 20.8 Å². The number of carbonyl (C=O) groups excluding carboxylic acids is 1. The second kappa shape index (κ2) is 10.4. The van der Waals surface area contributed by atoms with Crippen LogP contribution >= 0.6 is 11.3 Å². The molecule has 1 aliphatic heterocycles. The molecule has 1 fully saturated rings. The van der Waals surface area contributed by atoms with Crippen LogP contribution in [0.4, 0.5) is 0 Å². The van der Waals surface area contributed by atoms with E-state index in [2.05, 4.69) is 30.6 Å². The number of hydrogen-bond donors (Lipinski definition) is 0. The van der Waals surface area contributed by atoms with Crippen molar-refractivity contribution < 1.29 is 19.0 Å². The molecule has 3 heterocycles. The van der Waals surface area contributed by atoms with Gasteiger partial charge in [0.25, 0.3) is 0 Å². The smallest absolute Gasteiger partial charge is 0.223 e. The van der Waals surface area contributed by atoms with Gasteiger partial charge in [0.05, 0.1) is 26.0 Å². The number of aromatic nitrogens is 2. The molecular weight excluding hydrogens is 450 g/mol. The van der Waals surface area contributed by atoms with Crippen molar-refractivity contribution in [2.24, 2.45) is 5.41 Å². The van der Waals surface area contributed by atoms with E-state index in [9.17, 15) is 4.79 Å². The minimum absolute atomic E-state index is 0.0451. The lowest BCUT2D eigenvalue weighted by Crippen LogP contribution is -2.40. The summed E-state index contributed by atoms with van der Waals surface area (Å²) in [4.78, 5) is 20.9. The molecule has 0 spiro atoms. The molecule has 3 aromatic rings. The van der Waals surface area contributed by atoms with Crippen molar-refractivity contribution in [3.63, 3.8) is 0 Å². The summed E-state index contributed by atoms with van der Waals surface area (Å²) in [5, 5.41) is 2.13. The number of methoxy groups -OCH3 is 2.